The summed E-state index contributed by atoms with van der Waals surface area (Å²) >= 11 is 0. The third kappa shape index (κ3) is 7.51. The Morgan fingerprint density at radius 3 is 2.29 bits per heavy atom. The molecular formula is C30H36N4O. The van der Waals surface area contributed by atoms with E-state index >= 15 is 0 Å². The molecule has 2 aromatic carbocycles. The Balaban J connectivity index is 1.35. The maximum Gasteiger partial charge on any atom is 0.160 e. The molecule has 0 amide bonds. The molecule has 1 N–H and O–H groups in total. The van der Waals surface area contributed by atoms with Crippen molar-refractivity contribution in [3.8, 4) is 5.75 Å². The van der Waals surface area contributed by atoms with Crippen LogP contribution in [0.3, 0.4) is 0 Å². The largest absolute Gasteiger partial charge is 0.494 e. The van der Waals surface area contributed by atoms with Crippen molar-refractivity contribution in [3.05, 3.63) is 84.3 Å². The Bertz CT molecular complexity index is 1180. The number of nitrogens with one attached hydrogen (secondary N) is 1. The van der Waals surface area contributed by atoms with Crippen molar-refractivity contribution in [2.45, 2.75) is 64.7 Å². The molecule has 5 nitrogen and oxygen atoms in total. The van der Waals surface area contributed by atoms with Gasteiger partial charge in [-0.3, -0.25) is 4.98 Å². The molecule has 0 spiro atoms. The van der Waals surface area contributed by atoms with Crippen LogP contribution in [0.4, 0.5) is 11.5 Å². The van der Waals surface area contributed by atoms with Crippen LogP contribution in [0.25, 0.3) is 10.8 Å². The van der Waals surface area contributed by atoms with E-state index in [1.807, 2.05) is 60.9 Å². The number of nitrogens with zero attached hydrogens (tertiary/aromatic N) is 3. The zero-order chi connectivity index (χ0) is 24.1. The van der Waals surface area contributed by atoms with Crippen LogP contribution < -0.4 is 10.1 Å². The van der Waals surface area contributed by atoms with Gasteiger partial charge in [-0.15, -0.1) is 5.10 Å². The van der Waals surface area contributed by atoms with Crippen LogP contribution >= 0.6 is 0 Å². The second-order valence-corrected chi connectivity index (χ2v) is 9.05. The fraction of sp³-hybridized carbons (Fsp3) is 0.367. The van der Waals surface area contributed by atoms with Gasteiger partial charge in [-0.2, -0.15) is 5.10 Å². The molecule has 4 aromatic rings. The van der Waals surface area contributed by atoms with E-state index in [2.05, 4.69) is 39.6 Å². The molecule has 0 saturated carbocycles. The fourth-order valence-electron chi connectivity index (χ4n) is 4.30. The maximum absolute atomic E-state index is 6.02. The quantitative estimate of drug-likeness (QED) is 0.191. The van der Waals surface area contributed by atoms with Crippen LogP contribution in [0.5, 0.6) is 5.75 Å². The van der Waals surface area contributed by atoms with Crippen molar-refractivity contribution >= 4 is 22.3 Å². The van der Waals surface area contributed by atoms with E-state index in [0.717, 1.165) is 53.2 Å². The van der Waals surface area contributed by atoms with Gasteiger partial charge in [0.1, 0.15) is 5.75 Å². The van der Waals surface area contributed by atoms with Crippen LogP contribution in [0.15, 0.2) is 73.1 Å². The van der Waals surface area contributed by atoms with Gasteiger partial charge in [0.25, 0.3) is 0 Å². The van der Waals surface area contributed by atoms with Crippen LogP contribution in [-0.2, 0) is 6.42 Å². The van der Waals surface area contributed by atoms with Crippen molar-refractivity contribution in [1.82, 2.24) is 15.2 Å². The number of unbranched alkanes of at least 4 members (excludes halogenated alkanes) is 7. The zero-order valence-corrected chi connectivity index (χ0v) is 20.7. The van der Waals surface area contributed by atoms with E-state index in [0.29, 0.717) is 0 Å². The van der Waals surface area contributed by atoms with E-state index in [1.165, 1.54) is 50.5 Å². The molecule has 0 aliphatic carbocycles. The number of ether oxygens (including phenoxy) is 1. The highest BCUT2D eigenvalue weighted by molar-refractivity contribution is 5.94. The summed E-state index contributed by atoms with van der Waals surface area (Å²) in [6.45, 7) is 3.02. The van der Waals surface area contributed by atoms with Gasteiger partial charge >= 0.3 is 0 Å². The molecule has 0 saturated heterocycles. The minimum atomic E-state index is 0.721. The Morgan fingerprint density at radius 2 is 1.49 bits per heavy atom. The third-order valence-corrected chi connectivity index (χ3v) is 6.25. The molecule has 35 heavy (non-hydrogen) atoms. The smallest absolute Gasteiger partial charge is 0.160 e. The first-order valence-corrected chi connectivity index (χ1v) is 13.0. The molecule has 0 aliphatic rings. The van der Waals surface area contributed by atoms with Crippen LogP contribution in [0, 0.1) is 0 Å². The normalized spacial score (nSPS) is 11.0. The molecule has 4 rings (SSSR count). The number of benzene rings is 2. The van der Waals surface area contributed by atoms with Gasteiger partial charge in [-0.05, 0) is 36.2 Å². The summed E-state index contributed by atoms with van der Waals surface area (Å²) in [5.41, 5.74) is 3.07. The highest BCUT2D eigenvalue weighted by atomic mass is 16.5. The molecule has 0 bridgehead atoms. The first-order valence-electron chi connectivity index (χ1n) is 13.0. The molecular weight excluding hydrogens is 432 g/mol. The number of hydrogen-bond acceptors (Lipinski definition) is 5. The second-order valence-electron chi connectivity index (χ2n) is 9.05. The molecule has 2 heterocycles. The molecule has 0 radical (unpaired) electrons. The standard InChI is InChI=1S/C30H36N4O/c1-2-3-4-5-6-7-8-11-21-35-26-14-12-13-25(23-26)32-30-28-16-10-9-15-27(28)29(33-34-30)22-24-17-19-31-20-18-24/h9-10,12-20,23H,2-8,11,21-22H2,1H3,(H,32,34). The summed E-state index contributed by atoms with van der Waals surface area (Å²) in [4.78, 5) is 4.11. The topological polar surface area (TPSA) is 59.9 Å². The molecule has 0 atom stereocenters. The molecule has 0 unspecified atom stereocenters. The zero-order valence-electron chi connectivity index (χ0n) is 20.7. The number of hydrogen-bond donors (Lipinski definition) is 1. The molecule has 182 valence electrons. The minimum absolute atomic E-state index is 0.721. The first-order chi connectivity index (χ1) is 17.3. The Hall–Kier alpha value is -3.47. The van der Waals surface area contributed by atoms with E-state index < -0.39 is 0 Å². The van der Waals surface area contributed by atoms with Crippen LogP contribution in [-0.4, -0.2) is 21.8 Å². The lowest BCUT2D eigenvalue weighted by molar-refractivity contribution is 0.304. The fourth-order valence-corrected chi connectivity index (χ4v) is 4.30. The average molecular weight is 469 g/mol. The lowest BCUT2D eigenvalue weighted by atomic mass is 10.0. The highest BCUT2D eigenvalue weighted by Gasteiger charge is 2.10. The lowest BCUT2D eigenvalue weighted by Crippen LogP contribution is -2.02. The highest BCUT2D eigenvalue weighted by Crippen LogP contribution is 2.28. The summed E-state index contributed by atoms with van der Waals surface area (Å²) in [6, 6.07) is 20.4. The summed E-state index contributed by atoms with van der Waals surface area (Å²) < 4.78 is 6.02. The molecule has 0 aliphatic heterocycles. The van der Waals surface area contributed by atoms with Crippen molar-refractivity contribution in [1.29, 1.82) is 0 Å². The van der Waals surface area contributed by atoms with Gasteiger partial charge in [0.15, 0.2) is 5.82 Å². The molecule has 0 fully saturated rings. The van der Waals surface area contributed by atoms with Crippen molar-refractivity contribution in [2.75, 3.05) is 11.9 Å². The van der Waals surface area contributed by atoms with Crippen molar-refractivity contribution < 1.29 is 4.74 Å². The summed E-state index contributed by atoms with van der Waals surface area (Å²) in [6.07, 6.45) is 14.7. The first kappa shape index (κ1) is 24.6. The molecule has 5 heteroatoms. The summed E-state index contributed by atoms with van der Waals surface area (Å²) in [5.74, 6) is 1.63. The lowest BCUT2D eigenvalue weighted by Gasteiger charge is -2.12. The van der Waals surface area contributed by atoms with E-state index in [4.69, 9.17) is 4.74 Å². The number of fused-ring (bicyclic) bond motifs is 1. The number of aromatic nitrogens is 3. The number of anilines is 2. The number of pyridine rings is 1. The summed E-state index contributed by atoms with van der Waals surface area (Å²) in [5, 5.41) is 14.7. The van der Waals surface area contributed by atoms with Gasteiger partial charge in [-0.25, -0.2) is 0 Å². The Labute approximate surface area is 209 Å². The maximum atomic E-state index is 6.02. The monoisotopic (exact) mass is 468 g/mol. The van der Waals surface area contributed by atoms with Gasteiger partial charge < -0.3 is 10.1 Å². The van der Waals surface area contributed by atoms with Crippen molar-refractivity contribution in [2.24, 2.45) is 0 Å². The minimum Gasteiger partial charge on any atom is -0.494 e. The third-order valence-electron chi connectivity index (χ3n) is 6.25. The van der Waals surface area contributed by atoms with E-state index in [9.17, 15) is 0 Å². The summed E-state index contributed by atoms with van der Waals surface area (Å²) in [7, 11) is 0. The van der Waals surface area contributed by atoms with Gasteiger partial charge in [-0.1, -0.05) is 82.2 Å². The predicted octanol–water partition coefficient (Wildman–Crippen LogP) is 7.88. The van der Waals surface area contributed by atoms with Crippen LogP contribution in [0.1, 0.15) is 69.5 Å². The van der Waals surface area contributed by atoms with Crippen molar-refractivity contribution in [3.63, 3.8) is 0 Å². The van der Waals surface area contributed by atoms with Gasteiger partial charge in [0, 0.05) is 41.3 Å². The van der Waals surface area contributed by atoms with E-state index in [-0.39, 0.29) is 0 Å². The molecule has 2 aromatic heterocycles. The number of rotatable bonds is 14. The predicted molar refractivity (Wildman–Crippen MR) is 144 cm³/mol. The van der Waals surface area contributed by atoms with E-state index in [1.54, 1.807) is 0 Å². The Morgan fingerprint density at radius 1 is 0.743 bits per heavy atom. The van der Waals surface area contributed by atoms with Crippen LogP contribution in [0.2, 0.25) is 0 Å². The average Bonchev–Trinajstić information content (AvgIpc) is 2.90. The van der Waals surface area contributed by atoms with Gasteiger partial charge in [0.05, 0.1) is 12.3 Å². The SMILES string of the molecule is CCCCCCCCCCOc1cccc(Nc2nnc(Cc3ccncc3)c3ccccc23)c1. The van der Waals surface area contributed by atoms with Gasteiger partial charge in [0.2, 0.25) is 0 Å². The Kier molecular flexibility index (Phi) is 9.46. The second kappa shape index (κ2) is 13.4.